The van der Waals surface area contributed by atoms with Gasteiger partial charge < -0.3 is 4.74 Å². The van der Waals surface area contributed by atoms with E-state index in [0.29, 0.717) is 28.0 Å². The van der Waals surface area contributed by atoms with Crippen molar-refractivity contribution in [2.45, 2.75) is 6.92 Å². The molecule has 0 aromatic heterocycles. The summed E-state index contributed by atoms with van der Waals surface area (Å²) in [5, 5.41) is 0.274. The van der Waals surface area contributed by atoms with Gasteiger partial charge in [0.05, 0.1) is 12.1 Å². The quantitative estimate of drug-likeness (QED) is 0.784. The molecule has 0 aliphatic carbocycles. The van der Waals surface area contributed by atoms with E-state index < -0.39 is 0 Å². The highest BCUT2D eigenvalue weighted by atomic mass is 35.5. The van der Waals surface area contributed by atoms with Crippen molar-refractivity contribution in [3.05, 3.63) is 52.3 Å². The first-order valence-electron chi connectivity index (χ1n) is 5.66. The molecule has 0 bridgehead atoms. The van der Waals surface area contributed by atoms with Crippen LogP contribution < -0.4 is 4.74 Å². The molecule has 0 aliphatic heterocycles. The molecule has 4 heteroatoms. The standard InChI is InChI=1S/C15H12ClFO2/c1-9-5-13(14(16)7-15(9)17)12-4-3-11(19-2)6-10(12)8-18/h3-8H,1-2H3. The molecule has 0 fully saturated rings. The van der Waals surface area contributed by atoms with Gasteiger partial charge in [-0.25, -0.2) is 4.39 Å². The Bertz CT molecular complexity index is 638. The van der Waals surface area contributed by atoms with Crippen LogP contribution in [0.25, 0.3) is 11.1 Å². The van der Waals surface area contributed by atoms with Crippen molar-refractivity contribution in [2.24, 2.45) is 0 Å². The Kier molecular flexibility index (Phi) is 3.86. The molecule has 0 N–H and O–H groups in total. The van der Waals surface area contributed by atoms with Gasteiger partial charge in [0.15, 0.2) is 6.29 Å². The Hall–Kier alpha value is -1.87. The summed E-state index contributed by atoms with van der Waals surface area (Å²) in [6.07, 6.45) is 0.729. The second-order valence-electron chi connectivity index (χ2n) is 4.15. The van der Waals surface area contributed by atoms with Gasteiger partial charge in [-0.3, -0.25) is 4.79 Å². The molecule has 2 aromatic rings. The smallest absolute Gasteiger partial charge is 0.150 e. The molecule has 0 atom stereocenters. The molecule has 19 heavy (non-hydrogen) atoms. The molecular formula is C15H12ClFO2. The van der Waals surface area contributed by atoms with E-state index in [9.17, 15) is 9.18 Å². The number of hydrogen-bond acceptors (Lipinski definition) is 2. The van der Waals surface area contributed by atoms with Crippen molar-refractivity contribution in [3.8, 4) is 16.9 Å². The number of rotatable bonds is 3. The van der Waals surface area contributed by atoms with Crippen molar-refractivity contribution in [1.29, 1.82) is 0 Å². The summed E-state index contributed by atoms with van der Waals surface area (Å²) >= 11 is 6.05. The van der Waals surface area contributed by atoms with Crippen LogP contribution in [0, 0.1) is 12.7 Å². The number of aldehydes is 1. The summed E-state index contributed by atoms with van der Waals surface area (Å²) in [7, 11) is 1.53. The third kappa shape index (κ3) is 2.61. The molecule has 0 aliphatic rings. The number of hydrogen-bond donors (Lipinski definition) is 0. The SMILES string of the molecule is COc1ccc(-c2cc(C)c(F)cc2Cl)c(C=O)c1. The van der Waals surface area contributed by atoms with E-state index in [1.54, 1.807) is 31.2 Å². The van der Waals surface area contributed by atoms with Crippen LogP contribution in [0.15, 0.2) is 30.3 Å². The van der Waals surface area contributed by atoms with E-state index in [4.69, 9.17) is 16.3 Å². The Morgan fingerprint density at radius 3 is 2.58 bits per heavy atom. The van der Waals surface area contributed by atoms with Gasteiger partial charge >= 0.3 is 0 Å². The Morgan fingerprint density at radius 2 is 1.95 bits per heavy atom. The Morgan fingerprint density at radius 1 is 1.21 bits per heavy atom. The third-order valence-corrected chi connectivity index (χ3v) is 3.24. The minimum atomic E-state index is -0.366. The fourth-order valence-electron chi connectivity index (χ4n) is 1.87. The third-order valence-electron chi connectivity index (χ3n) is 2.92. The monoisotopic (exact) mass is 278 g/mol. The van der Waals surface area contributed by atoms with Crippen LogP contribution in [0.2, 0.25) is 5.02 Å². The topological polar surface area (TPSA) is 26.3 Å². The first kappa shape index (κ1) is 13.6. The van der Waals surface area contributed by atoms with Crippen LogP contribution in [0.4, 0.5) is 4.39 Å². The van der Waals surface area contributed by atoms with Gasteiger partial charge in [-0.15, -0.1) is 0 Å². The van der Waals surface area contributed by atoms with Crippen LogP contribution in [0.5, 0.6) is 5.75 Å². The lowest BCUT2D eigenvalue weighted by molar-refractivity contribution is 0.112. The first-order valence-corrected chi connectivity index (χ1v) is 6.04. The molecule has 0 heterocycles. The van der Waals surface area contributed by atoms with Crippen molar-refractivity contribution in [3.63, 3.8) is 0 Å². The zero-order valence-electron chi connectivity index (χ0n) is 10.5. The second-order valence-corrected chi connectivity index (χ2v) is 4.56. The van der Waals surface area contributed by atoms with Crippen LogP contribution in [0.3, 0.4) is 0 Å². The maximum Gasteiger partial charge on any atom is 0.150 e. The molecule has 0 saturated carbocycles. The van der Waals surface area contributed by atoms with Gasteiger partial charge in [0.2, 0.25) is 0 Å². The zero-order chi connectivity index (χ0) is 14.0. The largest absolute Gasteiger partial charge is 0.497 e. The van der Waals surface area contributed by atoms with Crippen molar-refractivity contribution >= 4 is 17.9 Å². The molecule has 0 amide bonds. The van der Waals surface area contributed by atoms with Crippen LogP contribution in [-0.2, 0) is 0 Å². The first-order chi connectivity index (χ1) is 9.06. The lowest BCUT2D eigenvalue weighted by atomic mass is 9.98. The van der Waals surface area contributed by atoms with E-state index in [1.165, 1.54) is 13.2 Å². The van der Waals surface area contributed by atoms with E-state index in [1.807, 2.05) is 0 Å². The van der Waals surface area contributed by atoms with E-state index in [-0.39, 0.29) is 10.8 Å². The van der Waals surface area contributed by atoms with E-state index >= 15 is 0 Å². The van der Waals surface area contributed by atoms with E-state index in [2.05, 4.69) is 0 Å². The number of benzene rings is 2. The van der Waals surface area contributed by atoms with Crippen molar-refractivity contribution in [1.82, 2.24) is 0 Å². The molecule has 2 nitrogen and oxygen atoms in total. The molecule has 0 spiro atoms. The maximum absolute atomic E-state index is 13.4. The predicted molar refractivity (Wildman–Crippen MR) is 73.5 cm³/mol. The number of methoxy groups -OCH3 is 1. The highest BCUT2D eigenvalue weighted by Gasteiger charge is 2.12. The molecule has 2 aromatic carbocycles. The number of ether oxygens (including phenoxy) is 1. The predicted octanol–water partition coefficient (Wildman–Crippen LogP) is 4.28. The average Bonchev–Trinajstić information content (AvgIpc) is 2.42. The molecule has 98 valence electrons. The van der Waals surface area contributed by atoms with Gasteiger partial charge in [-0.1, -0.05) is 11.6 Å². The average molecular weight is 279 g/mol. The minimum absolute atomic E-state index is 0.274. The summed E-state index contributed by atoms with van der Waals surface area (Å²) in [6.45, 7) is 1.65. The minimum Gasteiger partial charge on any atom is -0.497 e. The van der Waals surface area contributed by atoms with Crippen molar-refractivity contribution < 1.29 is 13.9 Å². The molecule has 0 saturated heterocycles. The summed E-state index contributed by atoms with van der Waals surface area (Å²) in [5.74, 6) is 0.218. The highest BCUT2D eigenvalue weighted by Crippen LogP contribution is 2.33. The summed E-state index contributed by atoms with van der Waals surface area (Å²) in [6, 6.07) is 7.98. The zero-order valence-corrected chi connectivity index (χ0v) is 11.3. The number of halogens is 2. The molecular weight excluding hydrogens is 267 g/mol. The summed E-state index contributed by atoms with van der Waals surface area (Å²) in [5.41, 5.74) is 2.22. The fourth-order valence-corrected chi connectivity index (χ4v) is 2.13. The van der Waals surface area contributed by atoms with E-state index in [0.717, 1.165) is 6.29 Å². The van der Waals surface area contributed by atoms with Crippen molar-refractivity contribution in [2.75, 3.05) is 7.11 Å². The lowest BCUT2D eigenvalue weighted by Crippen LogP contribution is -1.93. The number of carbonyl (C=O) groups excluding carboxylic acids is 1. The lowest BCUT2D eigenvalue weighted by Gasteiger charge is -2.10. The second kappa shape index (κ2) is 5.41. The van der Waals surface area contributed by atoms with Crippen LogP contribution >= 0.6 is 11.6 Å². The summed E-state index contributed by atoms with van der Waals surface area (Å²) < 4.78 is 18.5. The maximum atomic E-state index is 13.4. The highest BCUT2D eigenvalue weighted by molar-refractivity contribution is 6.33. The van der Waals surface area contributed by atoms with Gasteiger partial charge in [0.1, 0.15) is 11.6 Å². The Labute approximate surface area is 115 Å². The van der Waals surface area contributed by atoms with Crippen LogP contribution in [-0.4, -0.2) is 13.4 Å². The number of carbonyl (C=O) groups is 1. The summed E-state index contributed by atoms with van der Waals surface area (Å²) in [4.78, 5) is 11.2. The van der Waals surface area contributed by atoms with Gasteiger partial charge in [0.25, 0.3) is 0 Å². The van der Waals surface area contributed by atoms with Gasteiger partial charge in [-0.05, 0) is 48.4 Å². The Balaban J connectivity index is 2.65. The van der Waals surface area contributed by atoms with Gasteiger partial charge in [0, 0.05) is 11.1 Å². The number of aryl methyl sites for hydroxylation is 1. The van der Waals surface area contributed by atoms with Gasteiger partial charge in [-0.2, -0.15) is 0 Å². The molecule has 0 radical (unpaired) electrons. The van der Waals surface area contributed by atoms with Crippen LogP contribution in [0.1, 0.15) is 15.9 Å². The normalized spacial score (nSPS) is 10.3. The fraction of sp³-hybridized carbons (Fsp3) is 0.133. The molecule has 0 unspecified atom stereocenters. The molecule has 2 rings (SSSR count).